The van der Waals surface area contributed by atoms with Gasteiger partial charge in [0.2, 0.25) is 0 Å². The summed E-state index contributed by atoms with van der Waals surface area (Å²) in [5.41, 5.74) is 2.46. The number of hydrogen-bond acceptors (Lipinski definition) is 5. The molecule has 4 aromatic rings. The van der Waals surface area contributed by atoms with Crippen molar-refractivity contribution in [3.05, 3.63) is 83.9 Å². The molecule has 0 saturated carbocycles. The van der Waals surface area contributed by atoms with Crippen LogP contribution in [0.2, 0.25) is 5.02 Å². The highest BCUT2D eigenvalue weighted by molar-refractivity contribution is 6.30. The third-order valence-electron chi connectivity index (χ3n) is 3.86. The maximum atomic E-state index is 12.3. The first-order valence-corrected chi connectivity index (χ1v) is 8.56. The third-order valence-corrected chi connectivity index (χ3v) is 4.10. The van der Waals surface area contributed by atoms with Crippen LogP contribution in [0.3, 0.4) is 0 Å². The molecule has 0 atom stereocenters. The van der Waals surface area contributed by atoms with E-state index in [9.17, 15) is 4.79 Å². The molecule has 0 aliphatic rings. The van der Waals surface area contributed by atoms with Gasteiger partial charge in [0.15, 0.2) is 0 Å². The summed E-state index contributed by atoms with van der Waals surface area (Å²) in [6.07, 6.45) is 4.66. The lowest BCUT2D eigenvalue weighted by molar-refractivity contribution is 0.102. The van der Waals surface area contributed by atoms with E-state index in [0.29, 0.717) is 16.5 Å². The Hall–Kier alpha value is -3.51. The number of halogens is 1. The average Bonchev–Trinajstić information content (AvgIpc) is 2.69. The van der Waals surface area contributed by atoms with E-state index >= 15 is 0 Å². The SMILES string of the molecule is O=C(Nc1cccc(Cl)c1)c1cnc(Nc2cccc3cccnc23)cn1. The zero-order valence-corrected chi connectivity index (χ0v) is 14.8. The largest absolute Gasteiger partial charge is 0.337 e. The van der Waals surface area contributed by atoms with Crippen LogP contribution < -0.4 is 10.6 Å². The Bertz CT molecular complexity index is 1110. The molecule has 6 nitrogen and oxygen atoms in total. The number of benzene rings is 2. The Morgan fingerprint density at radius 3 is 2.59 bits per heavy atom. The molecule has 0 fully saturated rings. The Labute approximate surface area is 160 Å². The van der Waals surface area contributed by atoms with E-state index in [2.05, 4.69) is 25.6 Å². The van der Waals surface area contributed by atoms with Crippen LogP contribution >= 0.6 is 11.6 Å². The minimum absolute atomic E-state index is 0.205. The van der Waals surface area contributed by atoms with Gasteiger partial charge >= 0.3 is 0 Å². The zero-order chi connectivity index (χ0) is 18.6. The molecular weight excluding hydrogens is 362 g/mol. The summed E-state index contributed by atoms with van der Waals surface area (Å²) in [5.74, 6) is 0.163. The van der Waals surface area contributed by atoms with Gasteiger partial charge < -0.3 is 10.6 Å². The highest BCUT2D eigenvalue weighted by Crippen LogP contribution is 2.23. The number of amides is 1. The minimum Gasteiger partial charge on any atom is -0.337 e. The van der Waals surface area contributed by atoms with Crippen molar-refractivity contribution in [2.45, 2.75) is 0 Å². The minimum atomic E-state index is -0.358. The molecule has 2 heterocycles. The molecular formula is C20H14ClN5O. The first kappa shape index (κ1) is 16.9. The highest BCUT2D eigenvalue weighted by atomic mass is 35.5. The van der Waals surface area contributed by atoms with E-state index in [-0.39, 0.29) is 11.6 Å². The van der Waals surface area contributed by atoms with Crippen LogP contribution in [-0.4, -0.2) is 20.9 Å². The lowest BCUT2D eigenvalue weighted by Gasteiger charge is -2.09. The van der Waals surface area contributed by atoms with Crippen molar-refractivity contribution < 1.29 is 4.79 Å². The van der Waals surface area contributed by atoms with Crippen LogP contribution in [-0.2, 0) is 0 Å². The zero-order valence-electron chi connectivity index (χ0n) is 14.1. The Balaban J connectivity index is 1.51. The number of para-hydroxylation sites is 1. The van der Waals surface area contributed by atoms with E-state index in [1.54, 1.807) is 30.5 Å². The summed E-state index contributed by atoms with van der Waals surface area (Å²) in [5, 5.41) is 7.49. The second-order valence-electron chi connectivity index (χ2n) is 5.76. The van der Waals surface area contributed by atoms with Crippen molar-refractivity contribution >= 4 is 45.6 Å². The number of pyridine rings is 1. The van der Waals surface area contributed by atoms with Crippen molar-refractivity contribution in [1.29, 1.82) is 0 Å². The number of carbonyl (C=O) groups excluding carboxylic acids is 1. The molecule has 0 aliphatic carbocycles. The molecule has 1 amide bonds. The fraction of sp³-hybridized carbons (Fsp3) is 0. The van der Waals surface area contributed by atoms with Gasteiger partial charge in [0.05, 0.1) is 23.6 Å². The fourth-order valence-electron chi connectivity index (χ4n) is 2.61. The number of fused-ring (bicyclic) bond motifs is 1. The van der Waals surface area contributed by atoms with Crippen molar-refractivity contribution in [2.75, 3.05) is 10.6 Å². The van der Waals surface area contributed by atoms with Crippen LogP contribution in [0.4, 0.5) is 17.2 Å². The number of anilines is 3. The summed E-state index contributed by atoms with van der Waals surface area (Å²) in [6.45, 7) is 0. The maximum Gasteiger partial charge on any atom is 0.275 e. The second kappa shape index (κ2) is 7.39. The first-order chi connectivity index (χ1) is 13.2. The number of hydrogen-bond donors (Lipinski definition) is 2. The second-order valence-corrected chi connectivity index (χ2v) is 6.19. The van der Waals surface area contributed by atoms with Gasteiger partial charge in [0.25, 0.3) is 5.91 Å². The molecule has 0 bridgehead atoms. The molecule has 0 spiro atoms. The van der Waals surface area contributed by atoms with E-state index in [4.69, 9.17) is 11.6 Å². The number of nitrogens with one attached hydrogen (secondary N) is 2. The van der Waals surface area contributed by atoms with Crippen LogP contribution in [0, 0.1) is 0 Å². The summed E-state index contributed by atoms with van der Waals surface area (Å²) < 4.78 is 0. The van der Waals surface area contributed by atoms with E-state index in [0.717, 1.165) is 16.6 Å². The molecule has 0 unspecified atom stereocenters. The molecule has 2 aromatic heterocycles. The van der Waals surface area contributed by atoms with Gasteiger partial charge in [-0.25, -0.2) is 9.97 Å². The highest BCUT2D eigenvalue weighted by Gasteiger charge is 2.09. The van der Waals surface area contributed by atoms with Crippen molar-refractivity contribution in [3.63, 3.8) is 0 Å². The van der Waals surface area contributed by atoms with Crippen molar-refractivity contribution in [3.8, 4) is 0 Å². The van der Waals surface area contributed by atoms with Crippen LogP contribution in [0.5, 0.6) is 0 Å². The smallest absolute Gasteiger partial charge is 0.275 e. The molecule has 27 heavy (non-hydrogen) atoms. The molecule has 132 valence electrons. The molecule has 4 rings (SSSR count). The van der Waals surface area contributed by atoms with E-state index < -0.39 is 0 Å². The number of nitrogens with zero attached hydrogens (tertiary/aromatic N) is 3. The molecule has 0 radical (unpaired) electrons. The van der Waals surface area contributed by atoms with Gasteiger partial charge in [-0.3, -0.25) is 9.78 Å². The molecule has 0 saturated heterocycles. The number of carbonyl (C=O) groups is 1. The fourth-order valence-corrected chi connectivity index (χ4v) is 2.80. The summed E-state index contributed by atoms with van der Waals surface area (Å²) in [7, 11) is 0. The number of rotatable bonds is 4. The van der Waals surface area contributed by atoms with E-state index in [1.807, 2.05) is 30.3 Å². The quantitative estimate of drug-likeness (QED) is 0.541. The number of aromatic nitrogens is 3. The van der Waals surface area contributed by atoms with E-state index in [1.165, 1.54) is 12.4 Å². The third kappa shape index (κ3) is 3.86. The molecule has 2 aromatic carbocycles. The summed E-state index contributed by atoms with van der Waals surface area (Å²) in [4.78, 5) is 25.1. The summed E-state index contributed by atoms with van der Waals surface area (Å²) in [6, 6.07) is 16.6. The van der Waals surface area contributed by atoms with Crippen LogP contribution in [0.15, 0.2) is 73.2 Å². The lowest BCUT2D eigenvalue weighted by atomic mass is 10.2. The van der Waals surface area contributed by atoms with Gasteiger partial charge in [0, 0.05) is 22.3 Å². The molecule has 7 heteroatoms. The van der Waals surface area contributed by atoms with Gasteiger partial charge in [-0.05, 0) is 30.3 Å². The predicted molar refractivity (Wildman–Crippen MR) is 106 cm³/mol. The predicted octanol–water partition coefficient (Wildman–Crippen LogP) is 4.67. The standard InChI is InChI=1S/C20H14ClN5O/c21-14-6-2-7-15(10-14)25-20(27)17-11-24-18(12-23-17)26-16-8-1-4-13-5-3-9-22-19(13)16/h1-12H,(H,24,26)(H,25,27). The monoisotopic (exact) mass is 375 g/mol. The van der Waals surface area contributed by atoms with Crippen molar-refractivity contribution in [2.24, 2.45) is 0 Å². The summed E-state index contributed by atoms with van der Waals surface area (Å²) >= 11 is 5.92. The van der Waals surface area contributed by atoms with Gasteiger partial charge in [-0.15, -0.1) is 0 Å². The van der Waals surface area contributed by atoms with Crippen LogP contribution in [0.25, 0.3) is 10.9 Å². The van der Waals surface area contributed by atoms with Gasteiger partial charge in [0.1, 0.15) is 11.5 Å². The molecule has 2 N–H and O–H groups in total. The van der Waals surface area contributed by atoms with Crippen LogP contribution in [0.1, 0.15) is 10.5 Å². The Kier molecular flexibility index (Phi) is 4.63. The van der Waals surface area contributed by atoms with Gasteiger partial charge in [-0.1, -0.05) is 35.9 Å². The van der Waals surface area contributed by atoms with Crippen molar-refractivity contribution in [1.82, 2.24) is 15.0 Å². The maximum absolute atomic E-state index is 12.3. The van der Waals surface area contributed by atoms with Gasteiger partial charge in [-0.2, -0.15) is 0 Å². The average molecular weight is 376 g/mol. The normalized spacial score (nSPS) is 10.6. The topological polar surface area (TPSA) is 79.8 Å². The Morgan fingerprint density at radius 1 is 0.926 bits per heavy atom. The lowest BCUT2D eigenvalue weighted by Crippen LogP contribution is -2.14. The molecule has 0 aliphatic heterocycles. The Morgan fingerprint density at radius 2 is 1.78 bits per heavy atom. The first-order valence-electron chi connectivity index (χ1n) is 8.19.